The highest BCUT2D eigenvalue weighted by atomic mass is 79.9. The first kappa shape index (κ1) is 14.5. The number of nitrogens with one attached hydrogen (secondary N) is 1. The van der Waals surface area contributed by atoms with Crippen LogP contribution in [0.5, 0.6) is 0 Å². The van der Waals surface area contributed by atoms with Gasteiger partial charge in [0.2, 0.25) is 0 Å². The molecule has 0 spiro atoms. The minimum Gasteiger partial charge on any atom is -0.340 e. The molecular weight excluding hydrogens is 304 g/mol. The van der Waals surface area contributed by atoms with Crippen molar-refractivity contribution in [1.82, 2.24) is 10.2 Å². The van der Waals surface area contributed by atoms with Crippen molar-refractivity contribution in [2.45, 2.75) is 32.2 Å². The molecule has 4 heteroatoms. The van der Waals surface area contributed by atoms with E-state index in [9.17, 15) is 4.79 Å². The maximum atomic E-state index is 12.5. The molecule has 1 aromatic rings. The van der Waals surface area contributed by atoms with Crippen LogP contribution < -0.4 is 5.32 Å². The summed E-state index contributed by atoms with van der Waals surface area (Å²) in [4.78, 5) is 14.3. The fourth-order valence-corrected chi connectivity index (χ4v) is 2.92. The van der Waals surface area contributed by atoms with E-state index < -0.39 is 0 Å². The highest BCUT2D eigenvalue weighted by molar-refractivity contribution is 9.10. The van der Waals surface area contributed by atoms with Crippen molar-refractivity contribution in [2.24, 2.45) is 0 Å². The SMILES string of the molecule is Cc1ccc(Br)c(C(=O)N(C)CC2CCCCN2)c1. The van der Waals surface area contributed by atoms with Crippen molar-refractivity contribution in [3.05, 3.63) is 33.8 Å². The predicted molar refractivity (Wildman–Crippen MR) is 81.5 cm³/mol. The van der Waals surface area contributed by atoms with Gasteiger partial charge in [-0.1, -0.05) is 18.1 Å². The first-order valence-electron chi connectivity index (χ1n) is 6.83. The van der Waals surface area contributed by atoms with E-state index in [1.807, 2.05) is 37.1 Å². The van der Waals surface area contributed by atoms with Crippen LogP contribution >= 0.6 is 15.9 Å². The summed E-state index contributed by atoms with van der Waals surface area (Å²) in [6, 6.07) is 6.32. The molecule has 1 aromatic carbocycles. The van der Waals surface area contributed by atoms with Gasteiger partial charge in [-0.2, -0.15) is 0 Å². The predicted octanol–water partition coefficient (Wildman–Crippen LogP) is 2.97. The van der Waals surface area contributed by atoms with Crippen LogP contribution in [-0.4, -0.2) is 37.0 Å². The molecule has 0 radical (unpaired) electrons. The molecule has 19 heavy (non-hydrogen) atoms. The van der Waals surface area contributed by atoms with Gasteiger partial charge >= 0.3 is 0 Å². The third-order valence-electron chi connectivity index (χ3n) is 3.61. The van der Waals surface area contributed by atoms with Crippen LogP contribution in [0.15, 0.2) is 22.7 Å². The Morgan fingerprint density at radius 1 is 1.47 bits per heavy atom. The van der Waals surface area contributed by atoms with Crippen LogP contribution in [-0.2, 0) is 0 Å². The zero-order valence-electron chi connectivity index (χ0n) is 11.6. The topological polar surface area (TPSA) is 32.3 Å². The Morgan fingerprint density at radius 2 is 2.26 bits per heavy atom. The van der Waals surface area contributed by atoms with Gasteiger partial charge in [-0.25, -0.2) is 0 Å². The molecule has 0 bridgehead atoms. The van der Waals surface area contributed by atoms with Gasteiger partial charge in [-0.05, 0) is 54.4 Å². The number of carbonyl (C=O) groups excluding carboxylic acids is 1. The van der Waals surface area contributed by atoms with E-state index in [0.29, 0.717) is 6.04 Å². The Bertz CT molecular complexity index is 455. The fourth-order valence-electron chi connectivity index (χ4n) is 2.50. The van der Waals surface area contributed by atoms with Crippen LogP contribution in [0.1, 0.15) is 35.2 Å². The van der Waals surface area contributed by atoms with Crippen molar-refractivity contribution < 1.29 is 4.79 Å². The van der Waals surface area contributed by atoms with Crippen molar-refractivity contribution in [2.75, 3.05) is 20.1 Å². The maximum Gasteiger partial charge on any atom is 0.254 e. The third-order valence-corrected chi connectivity index (χ3v) is 4.30. The van der Waals surface area contributed by atoms with Gasteiger partial charge in [-0.15, -0.1) is 0 Å². The monoisotopic (exact) mass is 324 g/mol. The summed E-state index contributed by atoms with van der Waals surface area (Å²) in [7, 11) is 1.88. The number of carbonyl (C=O) groups is 1. The number of nitrogens with zero attached hydrogens (tertiary/aromatic N) is 1. The molecule has 2 rings (SSSR count). The molecule has 1 aliphatic heterocycles. The number of hydrogen-bond donors (Lipinski definition) is 1. The molecule has 1 aliphatic rings. The zero-order valence-corrected chi connectivity index (χ0v) is 13.2. The molecule has 1 N–H and O–H groups in total. The largest absolute Gasteiger partial charge is 0.340 e. The zero-order chi connectivity index (χ0) is 13.8. The van der Waals surface area contributed by atoms with Crippen LogP contribution in [0.25, 0.3) is 0 Å². The Hall–Kier alpha value is -0.870. The van der Waals surface area contributed by atoms with Crippen LogP contribution in [0.3, 0.4) is 0 Å². The summed E-state index contributed by atoms with van der Waals surface area (Å²) < 4.78 is 0.867. The summed E-state index contributed by atoms with van der Waals surface area (Å²) in [5.74, 6) is 0.0861. The number of amides is 1. The second-order valence-electron chi connectivity index (χ2n) is 5.32. The van der Waals surface area contributed by atoms with Crippen LogP contribution in [0.4, 0.5) is 0 Å². The van der Waals surface area contributed by atoms with Crippen LogP contribution in [0, 0.1) is 6.92 Å². The average Bonchev–Trinajstić information content (AvgIpc) is 2.42. The summed E-state index contributed by atoms with van der Waals surface area (Å²) in [6.07, 6.45) is 3.66. The standard InChI is InChI=1S/C15H21BrN2O/c1-11-6-7-14(16)13(9-11)15(19)18(2)10-12-5-3-4-8-17-12/h6-7,9,12,17H,3-5,8,10H2,1-2H3. The molecule has 0 aliphatic carbocycles. The highest BCUT2D eigenvalue weighted by Gasteiger charge is 2.20. The van der Waals surface area contributed by atoms with Gasteiger partial charge in [0.25, 0.3) is 5.91 Å². The molecule has 1 fully saturated rings. The Labute approximate surface area is 123 Å². The number of likely N-dealkylation sites (N-methyl/N-ethyl adjacent to an activating group) is 1. The third kappa shape index (κ3) is 3.80. The molecular formula is C15H21BrN2O. The molecule has 1 unspecified atom stereocenters. The normalized spacial score (nSPS) is 19.2. The molecule has 1 amide bonds. The van der Waals surface area contributed by atoms with Gasteiger partial charge < -0.3 is 10.2 Å². The second-order valence-corrected chi connectivity index (χ2v) is 6.17. The lowest BCUT2D eigenvalue weighted by Crippen LogP contribution is -2.44. The molecule has 3 nitrogen and oxygen atoms in total. The summed E-state index contributed by atoms with van der Waals surface area (Å²) in [5.41, 5.74) is 1.86. The van der Waals surface area contributed by atoms with Crippen molar-refractivity contribution >= 4 is 21.8 Å². The molecule has 0 aromatic heterocycles. The van der Waals surface area contributed by atoms with Crippen molar-refractivity contribution in [3.63, 3.8) is 0 Å². The minimum atomic E-state index is 0.0861. The lowest BCUT2D eigenvalue weighted by molar-refractivity contribution is 0.0774. The van der Waals surface area contributed by atoms with Crippen molar-refractivity contribution in [3.8, 4) is 0 Å². The van der Waals surface area contributed by atoms with E-state index in [0.717, 1.165) is 35.1 Å². The molecule has 1 heterocycles. The summed E-state index contributed by atoms with van der Waals surface area (Å²) in [5, 5.41) is 3.48. The fraction of sp³-hybridized carbons (Fsp3) is 0.533. The quantitative estimate of drug-likeness (QED) is 0.927. The molecule has 1 atom stereocenters. The van der Waals surface area contributed by atoms with Gasteiger partial charge in [0.05, 0.1) is 5.56 Å². The number of halogens is 1. The first-order chi connectivity index (χ1) is 9.08. The Balaban J connectivity index is 2.03. The molecule has 104 valence electrons. The first-order valence-corrected chi connectivity index (χ1v) is 7.62. The minimum absolute atomic E-state index is 0.0861. The summed E-state index contributed by atoms with van der Waals surface area (Å²) in [6.45, 7) is 3.85. The molecule has 0 saturated carbocycles. The van der Waals surface area contributed by atoms with E-state index in [-0.39, 0.29) is 5.91 Å². The lowest BCUT2D eigenvalue weighted by atomic mass is 10.0. The Kier molecular flexibility index (Phi) is 4.99. The summed E-state index contributed by atoms with van der Waals surface area (Å²) >= 11 is 3.46. The smallest absolute Gasteiger partial charge is 0.254 e. The van der Waals surface area contributed by atoms with Gasteiger partial charge in [0.15, 0.2) is 0 Å². The number of benzene rings is 1. The average molecular weight is 325 g/mol. The van der Waals surface area contributed by atoms with E-state index in [1.54, 1.807) is 0 Å². The number of piperidine rings is 1. The Morgan fingerprint density at radius 3 is 2.95 bits per heavy atom. The number of rotatable bonds is 3. The van der Waals surface area contributed by atoms with Gasteiger partial charge in [0.1, 0.15) is 0 Å². The lowest BCUT2D eigenvalue weighted by Gasteiger charge is -2.28. The second kappa shape index (κ2) is 6.53. The van der Waals surface area contributed by atoms with E-state index >= 15 is 0 Å². The van der Waals surface area contributed by atoms with E-state index in [2.05, 4.69) is 21.2 Å². The van der Waals surface area contributed by atoms with E-state index in [4.69, 9.17) is 0 Å². The molecule has 1 saturated heterocycles. The number of hydrogen-bond acceptors (Lipinski definition) is 2. The van der Waals surface area contributed by atoms with E-state index in [1.165, 1.54) is 12.8 Å². The van der Waals surface area contributed by atoms with Gasteiger partial charge in [0, 0.05) is 24.1 Å². The van der Waals surface area contributed by atoms with Crippen molar-refractivity contribution in [1.29, 1.82) is 0 Å². The van der Waals surface area contributed by atoms with Gasteiger partial charge in [-0.3, -0.25) is 4.79 Å². The maximum absolute atomic E-state index is 12.5. The number of aryl methyl sites for hydroxylation is 1. The highest BCUT2D eigenvalue weighted by Crippen LogP contribution is 2.20. The van der Waals surface area contributed by atoms with Crippen LogP contribution in [0.2, 0.25) is 0 Å².